The van der Waals surface area contributed by atoms with Crippen molar-refractivity contribution in [1.29, 1.82) is 0 Å². The number of nitrogens with one attached hydrogen (secondary N) is 2. The third-order valence-electron chi connectivity index (χ3n) is 1.87. The van der Waals surface area contributed by atoms with Crippen molar-refractivity contribution < 1.29 is 10.2 Å². The van der Waals surface area contributed by atoms with E-state index in [-0.39, 0.29) is 13.2 Å². The van der Waals surface area contributed by atoms with E-state index in [0.29, 0.717) is 11.8 Å². The summed E-state index contributed by atoms with van der Waals surface area (Å²) in [5.41, 5.74) is 0.812. The van der Waals surface area contributed by atoms with E-state index in [1.165, 1.54) is 0 Å². The summed E-state index contributed by atoms with van der Waals surface area (Å²) < 4.78 is 0. The van der Waals surface area contributed by atoms with Crippen LogP contribution in [0.25, 0.3) is 0 Å². The zero-order valence-corrected chi connectivity index (χ0v) is 8.86. The second kappa shape index (κ2) is 5.47. The van der Waals surface area contributed by atoms with E-state index >= 15 is 0 Å². The minimum Gasteiger partial charge on any atom is -0.394 e. The summed E-state index contributed by atoms with van der Waals surface area (Å²) in [7, 11) is 1.73. The third kappa shape index (κ3) is 3.34. The lowest BCUT2D eigenvalue weighted by Crippen LogP contribution is -2.28. The first-order valence-electron chi connectivity index (χ1n) is 4.71. The molecule has 6 nitrogen and oxygen atoms in total. The van der Waals surface area contributed by atoms with Gasteiger partial charge in [0.1, 0.15) is 5.82 Å². The molecule has 0 aliphatic rings. The predicted octanol–water partition coefficient (Wildman–Crippen LogP) is -0.408. The molecule has 1 heterocycles. The Balaban J connectivity index is 2.79. The average Bonchev–Trinajstić information content (AvgIpc) is 2.25. The van der Waals surface area contributed by atoms with E-state index in [1.54, 1.807) is 13.1 Å². The standard InChI is InChI=1S/C9H16N4O2/c1-6-3-8(12-7(4-14)5-15)13-9(10-2)11-6/h3,7,14-15H,4-5H2,1-2H3,(H2,10,11,12,13). The Bertz CT molecular complexity index is 315. The van der Waals surface area contributed by atoms with Gasteiger partial charge in [0.25, 0.3) is 0 Å². The van der Waals surface area contributed by atoms with Gasteiger partial charge in [-0.25, -0.2) is 4.98 Å². The smallest absolute Gasteiger partial charge is 0.224 e. The number of hydrogen-bond donors (Lipinski definition) is 4. The van der Waals surface area contributed by atoms with Crippen molar-refractivity contribution in [3.05, 3.63) is 11.8 Å². The van der Waals surface area contributed by atoms with Crippen LogP contribution in [0, 0.1) is 6.92 Å². The normalized spacial score (nSPS) is 10.5. The van der Waals surface area contributed by atoms with Gasteiger partial charge in [-0.15, -0.1) is 0 Å². The molecule has 0 spiro atoms. The van der Waals surface area contributed by atoms with Gasteiger partial charge in [-0.2, -0.15) is 4.98 Å². The van der Waals surface area contributed by atoms with Crippen LogP contribution in [-0.2, 0) is 0 Å². The fourth-order valence-corrected chi connectivity index (χ4v) is 1.11. The van der Waals surface area contributed by atoms with Crippen molar-refractivity contribution in [2.24, 2.45) is 0 Å². The zero-order valence-electron chi connectivity index (χ0n) is 8.86. The molecule has 0 aromatic carbocycles. The Morgan fingerprint density at radius 3 is 2.53 bits per heavy atom. The quantitative estimate of drug-likeness (QED) is 0.530. The number of aliphatic hydroxyl groups is 2. The van der Waals surface area contributed by atoms with E-state index in [2.05, 4.69) is 20.6 Å². The van der Waals surface area contributed by atoms with Crippen molar-refractivity contribution >= 4 is 11.8 Å². The first-order chi connectivity index (χ1) is 7.19. The maximum Gasteiger partial charge on any atom is 0.224 e. The molecule has 0 aliphatic heterocycles. The highest BCUT2D eigenvalue weighted by Crippen LogP contribution is 2.09. The maximum atomic E-state index is 8.90. The summed E-state index contributed by atoms with van der Waals surface area (Å²) in [5, 5.41) is 23.5. The van der Waals surface area contributed by atoms with Gasteiger partial charge in [0.2, 0.25) is 5.95 Å². The van der Waals surface area contributed by atoms with Crippen LogP contribution in [0.5, 0.6) is 0 Å². The molecule has 0 amide bonds. The fourth-order valence-electron chi connectivity index (χ4n) is 1.11. The van der Waals surface area contributed by atoms with Crippen molar-refractivity contribution in [2.45, 2.75) is 13.0 Å². The van der Waals surface area contributed by atoms with Crippen LogP contribution in [-0.4, -0.2) is 46.5 Å². The summed E-state index contributed by atoms with van der Waals surface area (Å²) in [6, 6.07) is 1.35. The summed E-state index contributed by atoms with van der Waals surface area (Å²) in [6.07, 6.45) is 0. The van der Waals surface area contributed by atoms with Gasteiger partial charge < -0.3 is 20.8 Å². The molecule has 1 rings (SSSR count). The molecule has 0 saturated carbocycles. The first-order valence-corrected chi connectivity index (χ1v) is 4.71. The lowest BCUT2D eigenvalue weighted by molar-refractivity contribution is 0.203. The second-order valence-electron chi connectivity index (χ2n) is 3.17. The lowest BCUT2D eigenvalue weighted by Gasteiger charge is -2.14. The van der Waals surface area contributed by atoms with Gasteiger partial charge in [0, 0.05) is 18.8 Å². The molecule has 0 bridgehead atoms. The van der Waals surface area contributed by atoms with Gasteiger partial charge in [-0.1, -0.05) is 0 Å². The van der Waals surface area contributed by atoms with E-state index in [1.807, 2.05) is 6.92 Å². The minimum absolute atomic E-state index is 0.144. The second-order valence-corrected chi connectivity index (χ2v) is 3.17. The number of aromatic nitrogens is 2. The summed E-state index contributed by atoms with van der Waals surface area (Å²) in [4.78, 5) is 8.26. The molecular weight excluding hydrogens is 196 g/mol. The van der Waals surface area contributed by atoms with E-state index in [0.717, 1.165) is 5.69 Å². The summed E-state index contributed by atoms with van der Waals surface area (Å²) in [6.45, 7) is 1.56. The molecular formula is C9H16N4O2. The molecule has 0 saturated heterocycles. The van der Waals surface area contributed by atoms with Crippen LogP contribution < -0.4 is 10.6 Å². The number of aliphatic hydroxyl groups excluding tert-OH is 2. The molecule has 0 atom stereocenters. The number of hydrogen-bond acceptors (Lipinski definition) is 6. The molecule has 1 aromatic heterocycles. The first kappa shape index (κ1) is 11.7. The average molecular weight is 212 g/mol. The highest BCUT2D eigenvalue weighted by atomic mass is 16.3. The van der Waals surface area contributed by atoms with Gasteiger partial charge in [0.15, 0.2) is 0 Å². The van der Waals surface area contributed by atoms with Crippen molar-refractivity contribution in [1.82, 2.24) is 9.97 Å². The maximum absolute atomic E-state index is 8.90. The molecule has 1 aromatic rings. The van der Waals surface area contributed by atoms with Crippen LogP contribution in [0.3, 0.4) is 0 Å². The summed E-state index contributed by atoms with van der Waals surface area (Å²) >= 11 is 0. The minimum atomic E-state index is -0.399. The number of aryl methyl sites for hydroxylation is 1. The highest BCUT2D eigenvalue weighted by Gasteiger charge is 2.07. The number of rotatable bonds is 5. The monoisotopic (exact) mass is 212 g/mol. The molecule has 6 heteroatoms. The SMILES string of the molecule is CNc1nc(C)cc(NC(CO)CO)n1. The molecule has 0 aliphatic carbocycles. The van der Waals surface area contributed by atoms with Crippen LogP contribution in [0.2, 0.25) is 0 Å². The topological polar surface area (TPSA) is 90.3 Å². The van der Waals surface area contributed by atoms with Gasteiger partial charge in [-0.05, 0) is 6.92 Å². The van der Waals surface area contributed by atoms with Crippen LogP contribution in [0.4, 0.5) is 11.8 Å². The molecule has 0 fully saturated rings. The van der Waals surface area contributed by atoms with Crippen LogP contribution in [0.15, 0.2) is 6.07 Å². The molecule has 15 heavy (non-hydrogen) atoms. The Morgan fingerprint density at radius 2 is 2.00 bits per heavy atom. The predicted molar refractivity (Wildman–Crippen MR) is 57.9 cm³/mol. The Labute approximate surface area is 88.4 Å². The molecule has 0 unspecified atom stereocenters. The van der Waals surface area contributed by atoms with Crippen molar-refractivity contribution in [3.63, 3.8) is 0 Å². The van der Waals surface area contributed by atoms with Gasteiger partial charge >= 0.3 is 0 Å². The van der Waals surface area contributed by atoms with Crippen molar-refractivity contribution in [2.75, 3.05) is 30.9 Å². The van der Waals surface area contributed by atoms with E-state index < -0.39 is 6.04 Å². The Morgan fingerprint density at radius 1 is 1.33 bits per heavy atom. The van der Waals surface area contributed by atoms with Crippen LogP contribution in [0.1, 0.15) is 5.69 Å². The van der Waals surface area contributed by atoms with Crippen molar-refractivity contribution in [3.8, 4) is 0 Å². The lowest BCUT2D eigenvalue weighted by atomic mass is 10.3. The van der Waals surface area contributed by atoms with Gasteiger partial charge in [0.05, 0.1) is 19.3 Å². The number of nitrogens with zero attached hydrogens (tertiary/aromatic N) is 2. The number of anilines is 2. The molecule has 84 valence electrons. The largest absolute Gasteiger partial charge is 0.394 e. The highest BCUT2D eigenvalue weighted by molar-refractivity contribution is 5.42. The summed E-state index contributed by atoms with van der Waals surface area (Å²) in [5.74, 6) is 1.09. The van der Waals surface area contributed by atoms with E-state index in [9.17, 15) is 0 Å². The van der Waals surface area contributed by atoms with Gasteiger partial charge in [-0.3, -0.25) is 0 Å². The third-order valence-corrected chi connectivity index (χ3v) is 1.87. The van der Waals surface area contributed by atoms with E-state index in [4.69, 9.17) is 10.2 Å². The fraction of sp³-hybridized carbons (Fsp3) is 0.556. The molecule has 0 radical (unpaired) electrons. The zero-order chi connectivity index (χ0) is 11.3. The Kier molecular flexibility index (Phi) is 4.26. The Hall–Kier alpha value is -1.40. The molecule has 4 N–H and O–H groups in total. The van der Waals surface area contributed by atoms with Crippen LogP contribution >= 0.6 is 0 Å².